The molecule has 0 aliphatic rings. The van der Waals surface area contributed by atoms with Gasteiger partial charge < -0.3 is 14.8 Å². The molecule has 2 aromatic carbocycles. The number of aromatic amines is 1. The van der Waals surface area contributed by atoms with Crippen molar-refractivity contribution in [3.05, 3.63) is 40.9 Å². The lowest BCUT2D eigenvalue weighted by Gasteiger charge is -2.06. The molecular formula is C16H14BrN5O2. The number of methoxy groups -OCH3 is 2. The number of anilines is 2. The zero-order valence-electron chi connectivity index (χ0n) is 13.0. The fourth-order valence-corrected chi connectivity index (χ4v) is 2.97. The number of halogens is 1. The molecule has 0 bridgehead atoms. The van der Waals surface area contributed by atoms with Gasteiger partial charge in [-0.15, -0.1) is 0 Å². The van der Waals surface area contributed by atoms with E-state index in [2.05, 4.69) is 36.3 Å². The summed E-state index contributed by atoms with van der Waals surface area (Å²) in [6.45, 7) is 0. The molecule has 8 heteroatoms. The first-order valence-corrected chi connectivity index (χ1v) is 8.00. The smallest absolute Gasteiger partial charge is 0.253 e. The highest BCUT2D eigenvalue weighted by Gasteiger charge is 2.14. The van der Waals surface area contributed by atoms with Crippen molar-refractivity contribution in [2.24, 2.45) is 0 Å². The van der Waals surface area contributed by atoms with Crippen molar-refractivity contribution in [3.8, 4) is 11.5 Å². The Labute approximate surface area is 145 Å². The lowest BCUT2D eigenvalue weighted by Crippen LogP contribution is -1.94. The SMILES string of the molecule is COc1cc2nc3nc(Nc4cccc(Br)c4)[nH]n3c2cc1OC. The number of nitrogens with one attached hydrogen (secondary N) is 2. The van der Waals surface area contributed by atoms with Crippen molar-refractivity contribution in [1.82, 2.24) is 19.6 Å². The molecule has 2 aromatic heterocycles. The summed E-state index contributed by atoms with van der Waals surface area (Å²) < 4.78 is 13.5. The minimum atomic E-state index is 0.567. The molecule has 0 aliphatic heterocycles. The van der Waals surface area contributed by atoms with Crippen molar-refractivity contribution in [2.75, 3.05) is 19.5 Å². The van der Waals surface area contributed by atoms with E-state index in [9.17, 15) is 0 Å². The summed E-state index contributed by atoms with van der Waals surface area (Å²) in [5.41, 5.74) is 2.56. The Morgan fingerprint density at radius 1 is 1.08 bits per heavy atom. The molecule has 0 radical (unpaired) electrons. The zero-order valence-corrected chi connectivity index (χ0v) is 14.6. The Hall–Kier alpha value is -2.74. The zero-order chi connectivity index (χ0) is 16.7. The highest BCUT2D eigenvalue weighted by atomic mass is 79.9. The van der Waals surface area contributed by atoms with Gasteiger partial charge >= 0.3 is 0 Å². The van der Waals surface area contributed by atoms with Gasteiger partial charge in [-0.2, -0.15) is 4.98 Å². The summed E-state index contributed by atoms with van der Waals surface area (Å²) in [7, 11) is 3.21. The van der Waals surface area contributed by atoms with Crippen LogP contribution in [0.3, 0.4) is 0 Å². The van der Waals surface area contributed by atoms with Gasteiger partial charge in [-0.1, -0.05) is 22.0 Å². The van der Waals surface area contributed by atoms with Gasteiger partial charge in [-0.25, -0.2) is 9.50 Å². The monoisotopic (exact) mass is 387 g/mol. The molecule has 0 fully saturated rings. The molecule has 0 atom stereocenters. The molecule has 2 N–H and O–H groups in total. The van der Waals surface area contributed by atoms with Crippen molar-refractivity contribution in [3.63, 3.8) is 0 Å². The maximum atomic E-state index is 5.36. The Balaban J connectivity index is 1.78. The molecule has 0 saturated carbocycles. The molecule has 122 valence electrons. The summed E-state index contributed by atoms with van der Waals surface area (Å²) >= 11 is 3.45. The molecule has 0 unspecified atom stereocenters. The number of nitrogens with zero attached hydrogens (tertiary/aromatic N) is 3. The molecule has 0 spiro atoms. The van der Waals surface area contributed by atoms with Crippen LogP contribution in [0.4, 0.5) is 11.6 Å². The van der Waals surface area contributed by atoms with E-state index in [0.717, 1.165) is 21.2 Å². The van der Waals surface area contributed by atoms with E-state index in [1.807, 2.05) is 36.4 Å². The van der Waals surface area contributed by atoms with Gasteiger partial charge in [-0.3, -0.25) is 5.10 Å². The number of aromatic nitrogens is 4. The predicted molar refractivity (Wildman–Crippen MR) is 95.4 cm³/mol. The molecule has 24 heavy (non-hydrogen) atoms. The van der Waals surface area contributed by atoms with E-state index < -0.39 is 0 Å². The van der Waals surface area contributed by atoms with Crippen LogP contribution >= 0.6 is 15.9 Å². The Morgan fingerprint density at radius 2 is 1.88 bits per heavy atom. The molecule has 4 rings (SSSR count). The molecule has 0 aliphatic carbocycles. The molecule has 0 amide bonds. The third kappa shape index (κ3) is 2.44. The summed E-state index contributed by atoms with van der Waals surface area (Å²) in [5, 5.41) is 6.42. The second-order valence-electron chi connectivity index (χ2n) is 5.15. The van der Waals surface area contributed by atoms with Gasteiger partial charge in [0.1, 0.15) is 0 Å². The van der Waals surface area contributed by atoms with E-state index in [1.54, 1.807) is 18.7 Å². The number of imidazole rings is 1. The fraction of sp³-hybridized carbons (Fsp3) is 0.125. The lowest BCUT2D eigenvalue weighted by atomic mass is 10.3. The predicted octanol–water partition coefficient (Wildman–Crippen LogP) is 3.73. The van der Waals surface area contributed by atoms with Crippen LogP contribution in [0.25, 0.3) is 16.8 Å². The minimum Gasteiger partial charge on any atom is -0.493 e. The van der Waals surface area contributed by atoms with Crippen LogP contribution in [0.1, 0.15) is 0 Å². The quantitative estimate of drug-likeness (QED) is 0.557. The molecular weight excluding hydrogens is 374 g/mol. The van der Waals surface area contributed by atoms with Crippen molar-refractivity contribution in [1.29, 1.82) is 0 Å². The number of H-pyrrole nitrogens is 1. The van der Waals surface area contributed by atoms with Crippen LogP contribution in [0.5, 0.6) is 11.5 Å². The van der Waals surface area contributed by atoms with Crippen LogP contribution < -0.4 is 14.8 Å². The van der Waals surface area contributed by atoms with Crippen molar-refractivity contribution >= 4 is 44.4 Å². The maximum absolute atomic E-state index is 5.36. The Kier molecular flexibility index (Phi) is 3.53. The van der Waals surface area contributed by atoms with Crippen molar-refractivity contribution < 1.29 is 9.47 Å². The number of rotatable bonds is 4. The first kappa shape index (κ1) is 14.8. The standard InChI is InChI=1S/C16H14BrN5O2/c1-23-13-7-11-12(8-14(13)24-2)22-16(19-11)20-15(21-22)18-10-5-3-4-9(17)6-10/h3-8H,1-2H3,(H2,18,19,20,21). The fourth-order valence-electron chi connectivity index (χ4n) is 2.57. The van der Waals surface area contributed by atoms with Gasteiger partial charge in [0.25, 0.3) is 5.78 Å². The van der Waals surface area contributed by atoms with E-state index in [-0.39, 0.29) is 0 Å². The van der Waals surface area contributed by atoms with Gasteiger partial charge in [0.2, 0.25) is 5.95 Å². The largest absolute Gasteiger partial charge is 0.493 e. The van der Waals surface area contributed by atoms with E-state index in [1.165, 1.54) is 0 Å². The second-order valence-corrected chi connectivity index (χ2v) is 6.07. The van der Waals surface area contributed by atoms with Crippen molar-refractivity contribution in [2.45, 2.75) is 0 Å². The maximum Gasteiger partial charge on any atom is 0.253 e. The second kappa shape index (κ2) is 5.72. The van der Waals surface area contributed by atoms with E-state index in [4.69, 9.17) is 9.47 Å². The van der Waals surface area contributed by atoms with E-state index in [0.29, 0.717) is 23.2 Å². The van der Waals surface area contributed by atoms with E-state index >= 15 is 0 Å². The molecule has 7 nitrogen and oxygen atoms in total. The van der Waals surface area contributed by atoms with Crippen LogP contribution in [-0.2, 0) is 0 Å². The van der Waals surface area contributed by atoms with Gasteiger partial charge in [0, 0.05) is 22.3 Å². The van der Waals surface area contributed by atoms with Crippen LogP contribution in [0.15, 0.2) is 40.9 Å². The van der Waals surface area contributed by atoms with Gasteiger partial charge in [-0.05, 0) is 18.2 Å². The summed E-state index contributed by atoms with van der Waals surface area (Å²) in [4.78, 5) is 8.99. The van der Waals surface area contributed by atoms with Crippen LogP contribution in [0.2, 0.25) is 0 Å². The van der Waals surface area contributed by atoms with Gasteiger partial charge in [0.05, 0.1) is 25.3 Å². The summed E-state index contributed by atoms with van der Waals surface area (Å²) in [5.74, 6) is 2.45. The Bertz CT molecular complexity index is 1040. The highest BCUT2D eigenvalue weighted by Crippen LogP contribution is 2.32. The van der Waals surface area contributed by atoms with Gasteiger partial charge in [0.15, 0.2) is 11.5 Å². The summed E-state index contributed by atoms with van der Waals surface area (Å²) in [6, 6.07) is 11.5. The average molecular weight is 388 g/mol. The number of fused-ring (bicyclic) bond motifs is 3. The minimum absolute atomic E-state index is 0.567. The lowest BCUT2D eigenvalue weighted by molar-refractivity contribution is 0.355. The number of hydrogen-bond acceptors (Lipinski definition) is 5. The number of ether oxygens (including phenoxy) is 2. The molecule has 0 saturated heterocycles. The highest BCUT2D eigenvalue weighted by molar-refractivity contribution is 9.10. The number of hydrogen-bond donors (Lipinski definition) is 2. The molecule has 2 heterocycles. The average Bonchev–Trinajstić information content (AvgIpc) is 3.10. The number of benzene rings is 2. The van der Waals surface area contributed by atoms with Crippen LogP contribution in [-0.4, -0.2) is 33.8 Å². The third-order valence-electron chi connectivity index (χ3n) is 3.66. The first-order valence-electron chi connectivity index (χ1n) is 7.21. The summed E-state index contributed by atoms with van der Waals surface area (Å²) in [6.07, 6.45) is 0. The third-order valence-corrected chi connectivity index (χ3v) is 4.15. The topological polar surface area (TPSA) is 76.5 Å². The molecule has 4 aromatic rings. The first-order chi connectivity index (χ1) is 11.7. The normalized spacial score (nSPS) is 11.1. The van der Waals surface area contributed by atoms with Crippen LogP contribution in [0, 0.1) is 0 Å². The Morgan fingerprint density at radius 3 is 2.62 bits per heavy atom.